The molecule has 0 bridgehead atoms. The molecule has 6 heteroatoms. The smallest absolute Gasteiger partial charge is 0.179 e. The minimum Gasteiger partial charge on any atom is -0.493 e. The third-order valence-electron chi connectivity index (χ3n) is 3.41. The Morgan fingerprint density at radius 3 is 2.57 bits per heavy atom. The maximum absolute atomic E-state index is 8.89. The Kier molecular flexibility index (Phi) is 7.82. The summed E-state index contributed by atoms with van der Waals surface area (Å²) < 4.78 is 10.5. The van der Waals surface area contributed by atoms with Gasteiger partial charge in [0.15, 0.2) is 11.5 Å². The lowest BCUT2D eigenvalue weighted by Crippen LogP contribution is -2.35. The van der Waals surface area contributed by atoms with Crippen molar-refractivity contribution in [2.75, 3.05) is 27.4 Å². The zero-order chi connectivity index (χ0) is 15.8. The number of aliphatic hydroxyl groups is 1. The molecule has 2 atom stereocenters. The molecule has 0 saturated carbocycles. The second-order valence-corrected chi connectivity index (χ2v) is 5.30. The van der Waals surface area contributed by atoms with Gasteiger partial charge in [0.25, 0.3) is 0 Å². The average molecular weight is 317 g/mol. The van der Waals surface area contributed by atoms with Crippen molar-refractivity contribution in [2.45, 2.75) is 31.8 Å². The molecule has 0 radical (unpaired) electrons. The van der Waals surface area contributed by atoms with Crippen molar-refractivity contribution >= 4 is 11.6 Å². The number of benzene rings is 1. The van der Waals surface area contributed by atoms with Gasteiger partial charge in [-0.15, -0.1) is 0 Å². The quantitative estimate of drug-likeness (QED) is 0.650. The SMILES string of the molecule is COc1ccc(C(CN)NC(C)CCCO)c(Cl)c1OC. The van der Waals surface area contributed by atoms with Crippen LogP contribution in [0.25, 0.3) is 0 Å². The molecule has 0 heterocycles. The summed E-state index contributed by atoms with van der Waals surface area (Å²) in [6.45, 7) is 2.67. The summed E-state index contributed by atoms with van der Waals surface area (Å²) in [4.78, 5) is 0. The lowest BCUT2D eigenvalue weighted by molar-refractivity contribution is 0.274. The zero-order valence-corrected chi connectivity index (χ0v) is 13.6. The maximum atomic E-state index is 8.89. The van der Waals surface area contributed by atoms with Crippen LogP contribution in [0.1, 0.15) is 31.4 Å². The molecule has 0 saturated heterocycles. The standard InChI is InChI=1S/C15H25ClN2O3/c1-10(5-4-8-19)18-12(9-17)11-6-7-13(20-2)15(21-3)14(11)16/h6-7,10,12,18-19H,4-5,8-9,17H2,1-3H3. The zero-order valence-electron chi connectivity index (χ0n) is 12.9. The molecule has 1 aromatic rings. The van der Waals surface area contributed by atoms with Crippen LogP contribution in [0.15, 0.2) is 12.1 Å². The van der Waals surface area contributed by atoms with Gasteiger partial charge in [-0.1, -0.05) is 17.7 Å². The summed E-state index contributed by atoms with van der Waals surface area (Å²) in [5.74, 6) is 1.11. The minimum absolute atomic E-state index is 0.0778. The Labute approximate surface area is 131 Å². The summed E-state index contributed by atoms with van der Waals surface area (Å²) in [5, 5.41) is 12.8. The van der Waals surface area contributed by atoms with Gasteiger partial charge < -0.3 is 25.6 Å². The highest BCUT2D eigenvalue weighted by Crippen LogP contribution is 2.39. The van der Waals surface area contributed by atoms with Gasteiger partial charge in [-0.2, -0.15) is 0 Å². The van der Waals surface area contributed by atoms with Crippen molar-refractivity contribution < 1.29 is 14.6 Å². The molecule has 120 valence electrons. The van der Waals surface area contributed by atoms with E-state index in [1.807, 2.05) is 12.1 Å². The first-order valence-corrected chi connectivity index (χ1v) is 7.44. The van der Waals surface area contributed by atoms with Crippen LogP contribution in [0.2, 0.25) is 5.02 Å². The third-order valence-corrected chi connectivity index (χ3v) is 3.80. The van der Waals surface area contributed by atoms with Gasteiger partial charge in [0.1, 0.15) is 0 Å². The Morgan fingerprint density at radius 1 is 1.33 bits per heavy atom. The first kappa shape index (κ1) is 18.0. The van der Waals surface area contributed by atoms with E-state index in [2.05, 4.69) is 12.2 Å². The van der Waals surface area contributed by atoms with Crippen LogP contribution in [0.5, 0.6) is 11.5 Å². The van der Waals surface area contributed by atoms with E-state index in [1.165, 1.54) is 0 Å². The molecule has 0 aliphatic rings. The van der Waals surface area contributed by atoms with E-state index in [-0.39, 0.29) is 18.7 Å². The number of methoxy groups -OCH3 is 2. The predicted molar refractivity (Wildman–Crippen MR) is 85.3 cm³/mol. The summed E-state index contributed by atoms with van der Waals surface area (Å²) in [6.07, 6.45) is 1.63. The number of hydrogen-bond donors (Lipinski definition) is 3. The fraction of sp³-hybridized carbons (Fsp3) is 0.600. The third kappa shape index (κ3) is 4.74. The Hall–Kier alpha value is -1.01. The van der Waals surface area contributed by atoms with E-state index >= 15 is 0 Å². The molecule has 1 rings (SSSR count). The number of rotatable bonds is 9. The first-order valence-electron chi connectivity index (χ1n) is 7.06. The van der Waals surface area contributed by atoms with Crippen molar-refractivity contribution in [3.63, 3.8) is 0 Å². The number of ether oxygens (including phenoxy) is 2. The summed E-state index contributed by atoms with van der Waals surface area (Å²) in [6, 6.07) is 3.87. The van der Waals surface area contributed by atoms with Crippen molar-refractivity contribution in [1.29, 1.82) is 0 Å². The van der Waals surface area contributed by atoms with Gasteiger partial charge in [0.2, 0.25) is 0 Å². The van der Waals surface area contributed by atoms with Crippen molar-refractivity contribution in [3.8, 4) is 11.5 Å². The first-order chi connectivity index (χ1) is 10.1. The highest BCUT2D eigenvalue weighted by molar-refractivity contribution is 6.33. The largest absolute Gasteiger partial charge is 0.493 e. The molecular formula is C15H25ClN2O3. The fourth-order valence-corrected chi connectivity index (χ4v) is 2.65. The number of nitrogens with two attached hydrogens (primary N) is 1. The number of hydrogen-bond acceptors (Lipinski definition) is 5. The van der Waals surface area contributed by atoms with Crippen LogP contribution in [-0.4, -0.2) is 38.5 Å². The highest BCUT2D eigenvalue weighted by atomic mass is 35.5. The molecule has 1 aromatic carbocycles. The molecular weight excluding hydrogens is 292 g/mol. The van der Waals surface area contributed by atoms with Crippen LogP contribution in [0.3, 0.4) is 0 Å². The maximum Gasteiger partial charge on any atom is 0.179 e. The predicted octanol–water partition coefficient (Wildman–Crippen LogP) is 2.11. The van der Waals surface area contributed by atoms with E-state index in [4.69, 9.17) is 31.9 Å². The number of halogens is 1. The second-order valence-electron chi connectivity index (χ2n) is 4.93. The molecule has 0 aromatic heterocycles. The average Bonchev–Trinajstić information content (AvgIpc) is 2.50. The lowest BCUT2D eigenvalue weighted by atomic mass is 10.0. The van der Waals surface area contributed by atoms with Crippen molar-refractivity contribution in [1.82, 2.24) is 5.32 Å². The van der Waals surface area contributed by atoms with Crippen molar-refractivity contribution in [3.05, 3.63) is 22.7 Å². The van der Waals surface area contributed by atoms with Gasteiger partial charge >= 0.3 is 0 Å². The molecule has 2 unspecified atom stereocenters. The Bertz CT molecular complexity index is 443. The van der Waals surface area contributed by atoms with Crippen LogP contribution in [-0.2, 0) is 0 Å². The lowest BCUT2D eigenvalue weighted by Gasteiger charge is -2.24. The molecule has 0 spiro atoms. The molecule has 0 aliphatic carbocycles. The van der Waals surface area contributed by atoms with Gasteiger partial charge in [0, 0.05) is 25.2 Å². The number of nitrogens with one attached hydrogen (secondary N) is 1. The van der Waals surface area contributed by atoms with E-state index in [9.17, 15) is 0 Å². The summed E-state index contributed by atoms with van der Waals surface area (Å²) in [7, 11) is 3.13. The molecule has 4 N–H and O–H groups in total. The monoisotopic (exact) mass is 316 g/mol. The van der Waals surface area contributed by atoms with Gasteiger partial charge in [-0.25, -0.2) is 0 Å². The highest BCUT2D eigenvalue weighted by Gasteiger charge is 2.20. The van der Waals surface area contributed by atoms with Gasteiger partial charge in [-0.05, 0) is 31.4 Å². The minimum atomic E-state index is -0.0778. The topological polar surface area (TPSA) is 76.7 Å². The summed E-state index contributed by atoms with van der Waals surface area (Å²) in [5.41, 5.74) is 6.75. The fourth-order valence-electron chi connectivity index (χ4n) is 2.28. The molecule has 0 fully saturated rings. The van der Waals surface area contributed by atoms with Crippen LogP contribution < -0.4 is 20.5 Å². The van der Waals surface area contributed by atoms with Crippen molar-refractivity contribution in [2.24, 2.45) is 5.73 Å². The normalized spacial score (nSPS) is 13.8. The van der Waals surface area contributed by atoms with E-state index in [0.717, 1.165) is 18.4 Å². The molecule has 5 nitrogen and oxygen atoms in total. The Morgan fingerprint density at radius 2 is 2.05 bits per heavy atom. The summed E-state index contributed by atoms with van der Waals surface area (Å²) >= 11 is 6.41. The van der Waals surface area contributed by atoms with Crippen LogP contribution >= 0.6 is 11.6 Å². The van der Waals surface area contributed by atoms with E-state index < -0.39 is 0 Å². The molecule has 0 aliphatic heterocycles. The second kappa shape index (κ2) is 9.10. The molecule has 0 amide bonds. The van der Waals surface area contributed by atoms with Gasteiger partial charge in [0.05, 0.1) is 19.2 Å². The van der Waals surface area contributed by atoms with Gasteiger partial charge in [-0.3, -0.25) is 0 Å². The van der Waals surface area contributed by atoms with E-state index in [0.29, 0.717) is 23.1 Å². The Balaban J connectivity index is 2.95. The molecule has 21 heavy (non-hydrogen) atoms. The van der Waals surface area contributed by atoms with Crippen LogP contribution in [0, 0.1) is 0 Å². The van der Waals surface area contributed by atoms with Crippen LogP contribution in [0.4, 0.5) is 0 Å². The van der Waals surface area contributed by atoms with E-state index in [1.54, 1.807) is 14.2 Å². The number of aliphatic hydroxyl groups excluding tert-OH is 1.